The molecule has 0 radical (unpaired) electrons. The predicted molar refractivity (Wildman–Crippen MR) is 111 cm³/mol. The van der Waals surface area contributed by atoms with Crippen molar-refractivity contribution in [3.05, 3.63) is 81.9 Å². The van der Waals surface area contributed by atoms with Gasteiger partial charge in [-0.25, -0.2) is 28.8 Å². The summed E-state index contributed by atoms with van der Waals surface area (Å²) < 4.78 is 19.5. The summed E-state index contributed by atoms with van der Waals surface area (Å²) in [5.74, 6) is -4.65. The van der Waals surface area contributed by atoms with Gasteiger partial charge >= 0.3 is 35.8 Å². The molecule has 10 heteroatoms. The molecule has 0 N–H and O–H groups in total. The number of benzene rings is 2. The number of carbonyl (C=O) groups is 6. The first-order valence-electron chi connectivity index (χ1n) is 10.1. The van der Waals surface area contributed by atoms with Crippen molar-refractivity contribution in [1.29, 1.82) is 0 Å². The van der Waals surface area contributed by atoms with Gasteiger partial charge in [0.2, 0.25) is 0 Å². The SMILES string of the molecule is CC(C=CC(C)OC(=O)c1ccc2c(c1)C(=O)OC2=O)OC(=O)c1ccc2c(c1)C(=O)OC2=O. The summed E-state index contributed by atoms with van der Waals surface area (Å²) >= 11 is 0. The summed E-state index contributed by atoms with van der Waals surface area (Å²) in [5, 5.41) is 0. The Morgan fingerprint density at radius 1 is 0.647 bits per heavy atom. The molecule has 172 valence electrons. The molecule has 2 heterocycles. The number of rotatable bonds is 6. The molecule has 0 spiro atoms. The molecule has 0 saturated heterocycles. The largest absolute Gasteiger partial charge is 0.455 e. The molecule has 10 nitrogen and oxygen atoms in total. The van der Waals surface area contributed by atoms with E-state index >= 15 is 0 Å². The van der Waals surface area contributed by atoms with E-state index in [0.717, 1.165) is 0 Å². The summed E-state index contributed by atoms with van der Waals surface area (Å²) in [6.07, 6.45) is 1.58. The molecule has 34 heavy (non-hydrogen) atoms. The van der Waals surface area contributed by atoms with Crippen molar-refractivity contribution in [2.24, 2.45) is 0 Å². The van der Waals surface area contributed by atoms with Crippen molar-refractivity contribution in [3.63, 3.8) is 0 Å². The molecule has 0 saturated carbocycles. The fraction of sp³-hybridized carbons (Fsp3) is 0.167. The molecule has 2 aliphatic rings. The Morgan fingerprint density at radius 2 is 1.00 bits per heavy atom. The monoisotopic (exact) mass is 464 g/mol. The van der Waals surface area contributed by atoms with Crippen LogP contribution >= 0.6 is 0 Å². The van der Waals surface area contributed by atoms with Crippen LogP contribution in [0.3, 0.4) is 0 Å². The van der Waals surface area contributed by atoms with Crippen molar-refractivity contribution in [2.45, 2.75) is 26.1 Å². The lowest BCUT2D eigenvalue weighted by Gasteiger charge is -2.12. The number of ether oxygens (including phenoxy) is 4. The van der Waals surface area contributed by atoms with Crippen LogP contribution in [0.4, 0.5) is 0 Å². The maximum absolute atomic E-state index is 12.4. The molecule has 0 amide bonds. The number of cyclic esters (lactones) is 4. The van der Waals surface area contributed by atoms with E-state index in [-0.39, 0.29) is 33.4 Å². The molecule has 0 fully saturated rings. The second kappa shape index (κ2) is 8.74. The molecule has 2 unspecified atom stereocenters. The van der Waals surface area contributed by atoms with Crippen LogP contribution in [0.25, 0.3) is 0 Å². The summed E-state index contributed by atoms with van der Waals surface area (Å²) in [7, 11) is 0. The van der Waals surface area contributed by atoms with Gasteiger partial charge in [0.05, 0.1) is 33.4 Å². The first-order chi connectivity index (χ1) is 16.1. The Balaban J connectivity index is 1.34. The first-order valence-corrected chi connectivity index (χ1v) is 10.1. The van der Waals surface area contributed by atoms with E-state index in [0.29, 0.717) is 0 Å². The standard InChI is InChI=1S/C24H16O10/c1-11(31-19(25)13-5-7-15-17(9-13)23(29)33-21(15)27)3-4-12(2)32-20(26)14-6-8-16-18(10-14)24(30)34-22(16)28/h3-12H,1-2H3. The van der Waals surface area contributed by atoms with Crippen molar-refractivity contribution in [2.75, 3.05) is 0 Å². The van der Waals surface area contributed by atoms with Crippen LogP contribution in [0.15, 0.2) is 48.6 Å². The van der Waals surface area contributed by atoms with Gasteiger partial charge in [-0.2, -0.15) is 0 Å². The van der Waals surface area contributed by atoms with Gasteiger partial charge in [0.15, 0.2) is 0 Å². The van der Waals surface area contributed by atoms with Crippen molar-refractivity contribution in [1.82, 2.24) is 0 Å². The summed E-state index contributed by atoms with van der Waals surface area (Å²) in [6, 6.07) is 7.78. The van der Waals surface area contributed by atoms with Crippen LogP contribution in [0.2, 0.25) is 0 Å². The van der Waals surface area contributed by atoms with Gasteiger partial charge in [-0.05, 0) is 62.4 Å². The lowest BCUT2D eigenvalue weighted by molar-refractivity contribution is 0.0388. The van der Waals surface area contributed by atoms with E-state index in [1.54, 1.807) is 13.8 Å². The van der Waals surface area contributed by atoms with Crippen molar-refractivity contribution < 1.29 is 47.7 Å². The number of esters is 6. The maximum atomic E-state index is 12.4. The van der Waals surface area contributed by atoms with Gasteiger partial charge in [0.25, 0.3) is 0 Å². The quantitative estimate of drug-likeness (QED) is 0.271. The van der Waals surface area contributed by atoms with Gasteiger partial charge < -0.3 is 18.9 Å². The number of fused-ring (bicyclic) bond motifs is 2. The van der Waals surface area contributed by atoms with E-state index in [2.05, 4.69) is 9.47 Å². The van der Waals surface area contributed by atoms with Crippen LogP contribution in [-0.4, -0.2) is 48.0 Å². The molecule has 2 aromatic carbocycles. The van der Waals surface area contributed by atoms with E-state index in [1.165, 1.54) is 48.6 Å². The lowest BCUT2D eigenvalue weighted by atomic mass is 10.1. The summed E-state index contributed by atoms with van der Waals surface area (Å²) in [5.41, 5.74) is 0.284. The Hall–Kier alpha value is -4.60. The second-order valence-electron chi connectivity index (χ2n) is 7.48. The van der Waals surface area contributed by atoms with Gasteiger partial charge in [0, 0.05) is 0 Å². The van der Waals surface area contributed by atoms with Gasteiger partial charge in [-0.3, -0.25) is 0 Å². The minimum atomic E-state index is -0.829. The van der Waals surface area contributed by atoms with Crippen molar-refractivity contribution in [3.8, 4) is 0 Å². The third-order valence-corrected chi connectivity index (χ3v) is 5.00. The van der Waals surface area contributed by atoms with Crippen LogP contribution < -0.4 is 0 Å². The highest BCUT2D eigenvalue weighted by atomic mass is 16.6. The molecular formula is C24H16O10. The zero-order chi connectivity index (χ0) is 24.6. The topological polar surface area (TPSA) is 139 Å². The average molecular weight is 464 g/mol. The highest BCUT2D eigenvalue weighted by Gasteiger charge is 2.31. The fourth-order valence-corrected chi connectivity index (χ4v) is 3.29. The first kappa shape index (κ1) is 22.6. The predicted octanol–water partition coefficient (Wildman–Crippen LogP) is 2.65. The zero-order valence-electron chi connectivity index (χ0n) is 17.9. The van der Waals surface area contributed by atoms with Crippen molar-refractivity contribution >= 4 is 35.8 Å². The molecule has 2 aliphatic heterocycles. The Bertz CT molecular complexity index is 1200. The highest BCUT2D eigenvalue weighted by molar-refractivity contribution is 6.16. The van der Waals surface area contributed by atoms with Gasteiger partial charge in [0.1, 0.15) is 12.2 Å². The summed E-state index contributed by atoms with van der Waals surface area (Å²) in [4.78, 5) is 71.0. The third-order valence-electron chi connectivity index (χ3n) is 5.00. The molecule has 4 rings (SSSR count). The minimum Gasteiger partial charge on any atom is -0.455 e. The molecule has 2 atom stereocenters. The van der Waals surface area contributed by atoms with E-state index < -0.39 is 48.0 Å². The van der Waals surface area contributed by atoms with Crippen LogP contribution in [-0.2, 0) is 18.9 Å². The van der Waals surface area contributed by atoms with Crippen LogP contribution in [0, 0.1) is 0 Å². The number of carbonyl (C=O) groups excluding carboxylic acids is 6. The smallest absolute Gasteiger partial charge is 0.346 e. The second-order valence-corrected chi connectivity index (χ2v) is 7.48. The van der Waals surface area contributed by atoms with E-state index in [4.69, 9.17) is 9.47 Å². The average Bonchev–Trinajstić information content (AvgIpc) is 3.25. The van der Waals surface area contributed by atoms with E-state index in [1.807, 2.05) is 0 Å². The minimum absolute atomic E-state index is 0.00707. The van der Waals surface area contributed by atoms with Gasteiger partial charge in [-0.15, -0.1) is 0 Å². The molecule has 2 aromatic rings. The fourth-order valence-electron chi connectivity index (χ4n) is 3.29. The Kier molecular flexibility index (Phi) is 5.80. The van der Waals surface area contributed by atoms with Crippen LogP contribution in [0.5, 0.6) is 0 Å². The Morgan fingerprint density at radius 3 is 1.38 bits per heavy atom. The normalized spacial score (nSPS) is 15.9. The third kappa shape index (κ3) is 4.33. The van der Waals surface area contributed by atoms with Crippen LogP contribution in [0.1, 0.15) is 76.0 Å². The molecular weight excluding hydrogens is 448 g/mol. The van der Waals surface area contributed by atoms with E-state index in [9.17, 15) is 28.8 Å². The number of hydrogen-bond donors (Lipinski definition) is 0. The Labute approximate surface area is 192 Å². The summed E-state index contributed by atoms with van der Waals surface area (Å²) in [6.45, 7) is 3.16. The number of hydrogen-bond acceptors (Lipinski definition) is 10. The van der Waals surface area contributed by atoms with Gasteiger partial charge in [-0.1, -0.05) is 0 Å². The lowest BCUT2D eigenvalue weighted by Crippen LogP contribution is -2.16. The molecule has 0 aliphatic carbocycles. The molecule has 0 aromatic heterocycles. The molecule has 0 bridgehead atoms. The highest BCUT2D eigenvalue weighted by Crippen LogP contribution is 2.23. The maximum Gasteiger partial charge on any atom is 0.346 e. The zero-order valence-corrected chi connectivity index (χ0v) is 17.9.